The SMILES string of the molecule is CC(=O)N(C)c1nc(CN=C=S)cs1. The van der Waals surface area contributed by atoms with E-state index in [0.717, 1.165) is 5.69 Å². The minimum absolute atomic E-state index is 0.0377. The highest BCUT2D eigenvalue weighted by Gasteiger charge is 2.09. The number of nitrogens with zero attached hydrogens (tertiary/aromatic N) is 3. The number of aliphatic imine (C=N–C) groups is 1. The lowest BCUT2D eigenvalue weighted by molar-refractivity contribution is -0.116. The Balaban J connectivity index is 2.77. The van der Waals surface area contributed by atoms with Crippen molar-refractivity contribution in [1.29, 1.82) is 0 Å². The highest BCUT2D eigenvalue weighted by Crippen LogP contribution is 2.19. The fourth-order valence-electron chi connectivity index (χ4n) is 0.771. The molecule has 0 saturated heterocycles. The lowest BCUT2D eigenvalue weighted by Crippen LogP contribution is -2.22. The van der Waals surface area contributed by atoms with E-state index in [1.807, 2.05) is 5.38 Å². The minimum atomic E-state index is -0.0377. The predicted octanol–water partition coefficient (Wildman–Crippen LogP) is 1.73. The van der Waals surface area contributed by atoms with Crippen molar-refractivity contribution in [2.45, 2.75) is 13.5 Å². The average Bonchev–Trinajstić information content (AvgIpc) is 2.61. The van der Waals surface area contributed by atoms with Gasteiger partial charge in [0.25, 0.3) is 0 Å². The van der Waals surface area contributed by atoms with E-state index in [1.54, 1.807) is 7.05 Å². The maximum atomic E-state index is 11.0. The highest BCUT2D eigenvalue weighted by atomic mass is 32.1. The van der Waals surface area contributed by atoms with Gasteiger partial charge in [0.15, 0.2) is 5.13 Å². The summed E-state index contributed by atoms with van der Waals surface area (Å²) in [4.78, 5) is 20.5. The Morgan fingerprint density at radius 1 is 1.86 bits per heavy atom. The summed E-state index contributed by atoms with van der Waals surface area (Å²) < 4.78 is 0. The molecule has 14 heavy (non-hydrogen) atoms. The molecule has 4 nitrogen and oxygen atoms in total. The van der Waals surface area contributed by atoms with Crippen LogP contribution in [0.1, 0.15) is 12.6 Å². The summed E-state index contributed by atoms with van der Waals surface area (Å²) in [6, 6.07) is 0. The molecule has 6 heteroatoms. The zero-order valence-corrected chi connectivity index (χ0v) is 9.48. The summed E-state index contributed by atoms with van der Waals surface area (Å²) in [6.45, 7) is 1.92. The van der Waals surface area contributed by atoms with Crippen molar-refractivity contribution in [2.24, 2.45) is 4.99 Å². The van der Waals surface area contributed by atoms with E-state index < -0.39 is 0 Å². The number of thiazole rings is 1. The van der Waals surface area contributed by atoms with Crippen LogP contribution in [0.4, 0.5) is 5.13 Å². The molecule has 1 amide bonds. The van der Waals surface area contributed by atoms with Crippen LogP contribution in [0.15, 0.2) is 10.4 Å². The van der Waals surface area contributed by atoms with E-state index in [1.165, 1.54) is 23.2 Å². The van der Waals surface area contributed by atoms with Crippen LogP contribution in [0.25, 0.3) is 0 Å². The average molecular weight is 227 g/mol. The van der Waals surface area contributed by atoms with Gasteiger partial charge in [0.2, 0.25) is 5.91 Å². The molecule has 0 bridgehead atoms. The van der Waals surface area contributed by atoms with Crippen molar-refractivity contribution in [3.63, 3.8) is 0 Å². The Morgan fingerprint density at radius 3 is 3.14 bits per heavy atom. The monoisotopic (exact) mass is 227 g/mol. The number of rotatable bonds is 3. The summed E-state index contributed by atoms with van der Waals surface area (Å²) in [5.41, 5.74) is 0.801. The molecule has 0 aliphatic heterocycles. The molecule has 0 spiro atoms. The van der Waals surface area contributed by atoms with Gasteiger partial charge < -0.3 is 0 Å². The quantitative estimate of drug-likeness (QED) is 0.583. The van der Waals surface area contributed by atoms with Gasteiger partial charge in [-0.15, -0.1) is 11.3 Å². The smallest absolute Gasteiger partial charge is 0.225 e. The molecular weight excluding hydrogens is 218 g/mol. The lowest BCUT2D eigenvalue weighted by atomic mass is 10.5. The van der Waals surface area contributed by atoms with Gasteiger partial charge >= 0.3 is 0 Å². The van der Waals surface area contributed by atoms with Crippen LogP contribution in [0, 0.1) is 0 Å². The Morgan fingerprint density at radius 2 is 2.57 bits per heavy atom. The van der Waals surface area contributed by atoms with Crippen molar-refractivity contribution in [1.82, 2.24) is 4.98 Å². The Labute approximate surface area is 91.3 Å². The highest BCUT2D eigenvalue weighted by molar-refractivity contribution is 7.78. The van der Waals surface area contributed by atoms with Gasteiger partial charge in [0.05, 0.1) is 17.4 Å². The van der Waals surface area contributed by atoms with Gasteiger partial charge in [-0.25, -0.2) is 9.98 Å². The molecule has 0 fully saturated rings. The molecule has 0 N–H and O–H groups in total. The van der Waals surface area contributed by atoms with Crippen LogP contribution in [-0.4, -0.2) is 23.1 Å². The third-order valence-corrected chi connectivity index (χ3v) is 2.70. The first-order valence-corrected chi connectivity index (χ1v) is 5.16. The molecule has 1 aromatic rings. The molecule has 1 aromatic heterocycles. The number of aromatic nitrogens is 1. The maximum Gasteiger partial charge on any atom is 0.225 e. The van der Waals surface area contributed by atoms with Gasteiger partial charge in [-0.3, -0.25) is 9.69 Å². The predicted molar refractivity (Wildman–Crippen MR) is 59.9 cm³/mol. The molecule has 0 unspecified atom stereocenters. The first-order valence-electron chi connectivity index (χ1n) is 3.87. The summed E-state index contributed by atoms with van der Waals surface area (Å²) in [5.74, 6) is -0.0377. The van der Waals surface area contributed by atoms with Gasteiger partial charge in [0.1, 0.15) is 0 Å². The fraction of sp³-hybridized carbons (Fsp3) is 0.375. The first kappa shape index (κ1) is 11.0. The standard InChI is InChI=1S/C8H9N3OS2/c1-6(12)11(2)8-10-7(4-14-8)3-9-5-13/h4H,3H2,1-2H3. The number of carbonyl (C=O) groups is 1. The minimum Gasteiger partial charge on any atom is -0.292 e. The largest absolute Gasteiger partial charge is 0.292 e. The van der Waals surface area contributed by atoms with E-state index in [2.05, 4.69) is 27.4 Å². The molecule has 0 aliphatic carbocycles. The molecule has 1 heterocycles. The van der Waals surface area contributed by atoms with E-state index in [-0.39, 0.29) is 5.91 Å². The van der Waals surface area contributed by atoms with Gasteiger partial charge in [-0.05, 0) is 12.2 Å². The number of carbonyl (C=O) groups excluding carboxylic acids is 1. The van der Waals surface area contributed by atoms with Crippen LogP contribution in [0.2, 0.25) is 0 Å². The summed E-state index contributed by atoms with van der Waals surface area (Å²) in [7, 11) is 1.69. The topological polar surface area (TPSA) is 45.6 Å². The molecule has 74 valence electrons. The third-order valence-electron chi connectivity index (χ3n) is 1.60. The second-order valence-electron chi connectivity index (χ2n) is 2.61. The van der Waals surface area contributed by atoms with E-state index in [0.29, 0.717) is 11.7 Å². The van der Waals surface area contributed by atoms with Crippen LogP contribution in [0.5, 0.6) is 0 Å². The molecule has 1 rings (SSSR count). The summed E-state index contributed by atoms with van der Waals surface area (Å²) >= 11 is 5.85. The van der Waals surface area contributed by atoms with Crippen LogP contribution >= 0.6 is 23.6 Å². The molecule has 0 saturated carbocycles. The van der Waals surface area contributed by atoms with Crippen LogP contribution in [-0.2, 0) is 11.3 Å². The van der Waals surface area contributed by atoms with Crippen molar-refractivity contribution in [3.05, 3.63) is 11.1 Å². The van der Waals surface area contributed by atoms with Gasteiger partial charge in [-0.2, -0.15) is 0 Å². The number of thiocarbonyl (C=S) groups is 1. The number of hydrogen-bond donors (Lipinski definition) is 0. The van der Waals surface area contributed by atoms with Gasteiger partial charge in [0, 0.05) is 19.4 Å². The Kier molecular flexibility index (Phi) is 3.88. The molecule has 0 aromatic carbocycles. The van der Waals surface area contributed by atoms with E-state index in [9.17, 15) is 4.79 Å². The van der Waals surface area contributed by atoms with Gasteiger partial charge in [-0.1, -0.05) is 0 Å². The summed E-state index contributed by atoms with van der Waals surface area (Å²) in [6.07, 6.45) is 0. The molecule has 0 radical (unpaired) electrons. The van der Waals surface area contributed by atoms with Crippen molar-refractivity contribution in [3.8, 4) is 0 Å². The Bertz CT molecular complexity index is 382. The first-order chi connectivity index (χ1) is 6.65. The molecule has 0 aliphatic rings. The number of anilines is 1. The third kappa shape index (κ3) is 2.70. The number of amides is 1. The second-order valence-corrected chi connectivity index (χ2v) is 3.63. The zero-order valence-electron chi connectivity index (χ0n) is 7.85. The van der Waals surface area contributed by atoms with E-state index in [4.69, 9.17) is 0 Å². The van der Waals surface area contributed by atoms with E-state index >= 15 is 0 Å². The Hall–Kier alpha value is -1.10. The maximum absolute atomic E-state index is 11.0. The lowest BCUT2D eigenvalue weighted by Gasteiger charge is -2.09. The number of isothiocyanates is 1. The van der Waals surface area contributed by atoms with Crippen LogP contribution < -0.4 is 4.90 Å². The van der Waals surface area contributed by atoms with Crippen molar-refractivity contribution >= 4 is 39.8 Å². The fourth-order valence-corrected chi connectivity index (χ4v) is 1.66. The van der Waals surface area contributed by atoms with Crippen molar-refractivity contribution in [2.75, 3.05) is 11.9 Å². The number of hydrogen-bond acceptors (Lipinski definition) is 5. The normalized spacial score (nSPS) is 9.29. The zero-order chi connectivity index (χ0) is 10.6. The molecular formula is C8H9N3OS2. The molecule has 0 atom stereocenters. The van der Waals surface area contributed by atoms with Crippen LogP contribution in [0.3, 0.4) is 0 Å². The second kappa shape index (κ2) is 4.95. The summed E-state index contributed by atoms with van der Waals surface area (Å²) in [5, 5.41) is 4.80. The van der Waals surface area contributed by atoms with Crippen molar-refractivity contribution < 1.29 is 4.79 Å².